The van der Waals surface area contributed by atoms with Crippen LogP contribution >= 0.6 is 0 Å². The predicted molar refractivity (Wildman–Crippen MR) is 72.9 cm³/mol. The molecule has 0 saturated carbocycles. The zero-order chi connectivity index (χ0) is 13.4. The van der Waals surface area contributed by atoms with Crippen LogP contribution in [-0.4, -0.2) is 5.91 Å². The molecule has 1 heterocycles. The van der Waals surface area contributed by atoms with Crippen molar-refractivity contribution in [1.82, 2.24) is 0 Å². The Morgan fingerprint density at radius 3 is 2.95 bits per heavy atom. The Balaban J connectivity index is 1.90. The minimum Gasteiger partial charge on any atom is -0.395 e. The molecule has 0 atom stereocenters. The van der Waals surface area contributed by atoms with Crippen LogP contribution < -0.4 is 16.4 Å². The van der Waals surface area contributed by atoms with Crippen LogP contribution in [0.15, 0.2) is 36.4 Å². The molecule has 0 aliphatic carbocycles. The maximum absolute atomic E-state index is 13.3. The van der Waals surface area contributed by atoms with E-state index >= 15 is 0 Å². The van der Waals surface area contributed by atoms with E-state index in [-0.39, 0.29) is 11.6 Å². The van der Waals surface area contributed by atoms with Crippen LogP contribution in [0.4, 0.5) is 27.1 Å². The van der Waals surface area contributed by atoms with Gasteiger partial charge in [-0.1, -0.05) is 6.07 Å². The van der Waals surface area contributed by atoms with Crippen LogP contribution in [0.2, 0.25) is 0 Å². The highest BCUT2D eigenvalue weighted by Gasteiger charge is 2.17. The second-order valence-electron chi connectivity index (χ2n) is 4.42. The molecule has 0 spiro atoms. The fraction of sp³-hybridized carbons (Fsp3) is 0.0714. The molecular formula is C14H12FN3O. The molecule has 2 aromatic carbocycles. The molecule has 2 aromatic rings. The lowest BCUT2D eigenvalue weighted by Gasteiger charge is -2.10. The Hall–Kier alpha value is -2.56. The second kappa shape index (κ2) is 4.28. The number of halogens is 1. The normalized spacial score (nSPS) is 13.0. The fourth-order valence-corrected chi connectivity index (χ4v) is 2.11. The molecule has 1 aliphatic heterocycles. The van der Waals surface area contributed by atoms with Crippen molar-refractivity contribution >= 4 is 28.7 Å². The second-order valence-corrected chi connectivity index (χ2v) is 4.42. The Morgan fingerprint density at radius 2 is 2.11 bits per heavy atom. The highest BCUT2D eigenvalue weighted by Crippen LogP contribution is 2.30. The Bertz CT molecular complexity index is 670. The molecular weight excluding hydrogens is 245 g/mol. The topological polar surface area (TPSA) is 67.1 Å². The van der Waals surface area contributed by atoms with Gasteiger partial charge in [-0.3, -0.25) is 4.79 Å². The maximum atomic E-state index is 13.3. The van der Waals surface area contributed by atoms with E-state index in [2.05, 4.69) is 10.6 Å². The van der Waals surface area contributed by atoms with Crippen molar-refractivity contribution in [3.8, 4) is 0 Å². The van der Waals surface area contributed by atoms with E-state index in [1.165, 1.54) is 6.07 Å². The van der Waals surface area contributed by atoms with E-state index in [4.69, 9.17) is 5.73 Å². The average Bonchev–Trinajstić information content (AvgIpc) is 2.74. The third-order valence-corrected chi connectivity index (χ3v) is 3.06. The molecule has 19 heavy (non-hydrogen) atoms. The van der Waals surface area contributed by atoms with Crippen molar-refractivity contribution in [2.45, 2.75) is 6.42 Å². The first-order valence-corrected chi connectivity index (χ1v) is 5.87. The smallest absolute Gasteiger partial charge is 0.228 e. The molecule has 96 valence electrons. The van der Waals surface area contributed by atoms with Crippen molar-refractivity contribution in [2.75, 3.05) is 16.4 Å². The summed E-state index contributed by atoms with van der Waals surface area (Å²) in [6.07, 6.45) is 0.365. The van der Waals surface area contributed by atoms with Gasteiger partial charge in [-0.25, -0.2) is 4.39 Å². The van der Waals surface area contributed by atoms with Crippen LogP contribution in [0.1, 0.15) is 5.56 Å². The number of rotatable bonds is 2. The number of amides is 1. The molecule has 0 fully saturated rings. The third kappa shape index (κ3) is 2.10. The summed E-state index contributed by atoms with van der Waals surface area (Å²) in [5.41, 5.74) is 8.77. The summed E-state index contributed by atoms with van der Waals surface area (Å²) in [6, 6.07) is 10.1. The lowest BCUT2D eigenvalue weighted by Crippen LogP contribution is -2.03. The van der Waals surface area contributed by atoms with E-state index in [9.17, 15) is 9.18 Å². The first-order valence-electron chi connectivity index (χ1n) is 5.87. The number of hydrogen-bond acceptors (Lipinski definition) is 3. The van der Waals surface area contributed by atoms with E-state index in [0.717, 1.165) is 16.9 Å². The number of para-hydroxylation sites is 1. The van der Waals surface area contributed by atoms with Crippen molar-refractivity contribution in [3.05, 3.63) is 47.8 Å². The highest BCUT2D eigenvalue weighted by atomic mass is 19.1. The van der Waals surface area contributed by atoms with Gasteiger partial charge in [0.25, 0.3) is 0 Å². The zero-order valence-corrected chi connectivity index (χ0v) is 10.0. The first kappa shape index (κ1) is 11.5. The summed E-state index contributed by atoms with van der Waals surface area (Å²) in [4.78, 5) is 11.3. The van der Waals surface area contributed by atoms with Crippen LogP contribution in [-0.2, 0) is 11.2 Å². The van der Waals surface area contributed by atoms with Crippen molar-refractivity contribution < 1.29 is 9.18 Å². The molecule has 0 radical (unpaired) electrons. The van der Waals surface area contributed by atoms with E-state index < -0.39 is 5.82 Å². The van der Waals surface area contributed by atoms with Gasteiger partial charge in [0.1, 0.15) is 5.82 Å². The largest absolute Gasteiger partial charge is 0.395 e. The van der Waals surface area contributed by atoms with Gasteiger partial charge >= 0.3 is 0 Å². The molecule has 4 N–H and O–H groups in total. The molecule has 4 nitrogen and oxygen atoms in total. The van der Waals surface area contributed by atoms with Gasteiger partial charge in [0, 0.05) is 11.4 Å². The number of nitrogens with two attached hydrogens (primary N) is 1. The van der Waals surface area contributed by atoms with E-state index in [1.807, 2.05) is 18.2 Å². The van der Waals surface area contributed by atoms with E-state index in [0.29, 0.717) is 12.1 Å². The standard InChI is InChI=1S/C14H12FN3O/c15-10-2-1-3-12(14(10)16)17-9-4-5-11-8(6-9)7-13(19)18-11/h1-6,17H,7,16H2,(H,18,19). The molecule has 0 saturated heterocycles. The summed E-state index contributed by atoms with van der Waals surface area (Å²) < 4.78 is 13.3. The SMILES string of the molecule is Nc1c(F)cccc1Nc1ccc2c(c1)CC(=O)N2. The molecule has 1 aliphatic rings. The number of carbonyl (C=O) groups excluding carboxylic acids is 1. The summed E-state index contributed by atoms with van der Waals surface area (Å²) in [5.74, 6) is -0.472. The summed E-state index contributed by atoms with van der Waals surface area (Å²) in [7, 11) is 0. The monoisotopic (exact) mass is 257 g/mol. The molecule has 1 amide bonds. The molecule has 0 unspecified atom stereocenters. The first-order chi connectivity index (χ1) is 9.13. The van der Waals surface area contributed by atoms with Crippen LogP contribution in [0.5, 0.6) is 0 Å². The van der Waals surface area contributed by atoms with Gasteiger partial charge in [-0.15, -0.1) is 0 Å². The van der Waals surface area contributed by atoms with Crippen molar-refractivity contribution in [1.29, 1.82) is 0 Å². The minimum atomic E-state index is -0.456. The van der Waals surface area contributed by atoms with E-state index in [1.54, 1.807) is 12.1 Å². The number of nitrogen functional groups attached to an aromatic ring is 1. The fourth-order valence-electron chi connectivity index (χ4n) is 2.11. The lowest BCUT2D eigenvalue weighted by atomic mass is 10.1. The average molecular weight is 257 g/mol. The Labute approximate surface area is 109 Å². The highest BCUT2D eigenvalue weighted by molar-refractivity contribution is 5.99. The van der Waals surface area contributed by atoms with Crippen molar-refractivity contribution in [3.63, 3.8) is 0 Å². The predicted octanol–water partition coefficient (Wildman–Crippen LogP) is 2.65. The summed E-state index contributed by atoms with van der Waals surface area (Å²) >= 11 is 0. The molecule has 0 bridgehead atoms. The van der Waals surface area contributed by atoms with Gasteiger partial charge in [0.2, 0.25) is 5.91 Å². The minimum absolute atomic E-state index is 0.0163. The summed E-state index contributed by atoms with van der Waals surface area (Å²) in [5, 5.41) is 5.81. The lowest BCUT2D eigenvalue weighted by molar-refractivity contribution is -0.115. The number of fused-ring (bicyclic) bond motifs is 1. The Kier molecular flexibility index (Phi) is 2.59. The number of nitrogens with one attached hydrogen (secondary N) is 2. The van der Waals surface area contributed by atoms with Gasteiger partial charge in [-0.2, -0.15) is 0 Å². The van der Waals surface area contributed by atoms with Crippen LogP contribution in [0, 0.1) is 5.82 Å². The number of hydrogen-bond donors (Lipinski definition) is 3. The number of anilines is 4. The molecule has 3 rings (SSSR count). The van der Waals surface area contributed by atoms with Gasteiger partial charge in [-0.05, 0) is 35.9 Å². The molecule has 5 heteroatoms. The van der Waals surface area contributed by atoms with Gasteiger partial charge in [0.15, 0.2) is 0 Å². The molecule has 0 aromatic heterocycles. The van der Waals surface area contributed by atoms with Crippen LogP contribution in [0.3, 0.4) is 0 Å². The van der Waals surface area contributed by atoms with Gasteiger partial charge in [0.05, 0.1) is 17.8 Å². The van der Waals surface area contributed by atoms with Crippen molar-refractivity contribution in [2.24, 2.45) is 0 Å². The third-order valence-electron chi connectivity index (χ3n) is 3.06. The van der Waals surface area contributed by atoms with Crippen LogP contribution in [0.25, 0.3) is 0 Å². The maximum Gasteiger partial charge on any atom is 0.228 e. The summed E-state index contributed by atoms with van der Waals surface area (Å²) in [6.45, 7) is 0. The quantitative estimate of drug-likeness (QED) is 0.724. The Morgan fingerprint density at radius 1 is 1.26 bits per heavy atom. The zero-order valence-electron chi connectivity index (χ0n) is 10.0. The number of carbonyl (C=O) groups is 1. The van der Waals surface area contributed by atoms with Gasteiger partial charge < -0.3 is 16.4 Å². The number of benzene rings is 2.